The van der Waals surface area contributed by atoms with E-state index in [0.717, 1.165) is 0 Å². The lowest BCUT2D eigenvalue weighted by Crippen LogP contribution is -2.14. The lowest BCUT2D eigenvalue weighted by atomic mass is 10.1. The lowest BCUT2D eigenvalue weighted by Gasteiger charge is -2.10. The van der Waals surface area contributed by atoms with Crippen LogP contribution < -0.4 is 10.1 Å². The summed E-state index contributed by atoms with van der Waals surface area (Å²) in [5.74, 6) is -1.36. The SMILES string of the molecule is COc1ccc(NC(=O)c2cccc(O)c2)c(C(=O)O)c1. The van der Waals surface area contributed by atoms with Crippen LogP contribution in [0.15, 0.2) is 42.5 Å². The first-order valence-electron chi connectivity index (χ1n) is 6.03. The molecule has 0 heterocycles. The molecule has 0 unspecified atom stereocenters. The highest BCUT2D eigenvalue weighted by Crippen LogP contribution is 2.23. The van der Waals surface area contributed by atoms with Crippen LogP contribution in [0.5, 0.6) is 11.5 Å². The Kier molecular flexibility index (Phi) is 4.08. The van der Waals surface area contributed by atoms with E-state index in [1.54, 1.807) is 6.07 Å². The van der Waals surface area contributed by atoms with Crippen molar-refractivity contribution in [2.24, 2.45) is 0 Å². The van der Waals surface area contributed by atoms with E-state index in [2.05, 4.69) is 5.32 Å². The number of carbonyl (C=O) groups excluding carboxylic acids is 1. The fourth-order valence-electron chi connectivity index (χ4n) is 1.78. The number of hydrogen-bond donors (Lipinski definition) is 3. The number of phenols is 1. The number of hydrogen-bond acceptors (Lipinski definition) is 4. The summed E-state index contributed by atoms with van der Waals surface area (Å²) in [4.78, 5) is 23.3. The minimum Gasteiger partial charge on any atom is -0.508 e. The molecular weight excluding hydrogens is 274 g/mol. The quantitative estimate of drug-likeness (QED) is 0.802. The minimum atomic E-state index is -1.18. The van der Waals surface area contributed by atoms with Crippen LogP contribution in [0.2, 0.25) is 0 Å². The molecule has 0 saturated carbocycles. The summed E-state index contributed by atoms with van der Waals surface area (Å²) in [5, 5.41) is 21.0. The number of benzene rings is 2. The third kappa shape index (κ3) is 3.30. The number of methoxy groups -OCH3 is 1. The molecule has 0 radical (unpaired) electrons. The molecule has 0 aromatic heterocycles. The van der Waals surface area contributed by atoms with Crippen molar-refractivity contribution >= 4 is 17.6 Å². The maximum absolute atomic E-state index is 12.0. The highest BCUT2D eigenvalue weighted by atomic mass is 16.5. The van der Waals surface area contributed by atoms with Gasteiger partial charge >= 0.3 is 5.97 Å². The molecule has 2 rings (SSSR count). The van der Waals surface area contributed by atoms with Crippen LogP contribution in [0.3, 0.4) is 0 Å². The predicted molar refractivity (Wildman–Crippen MR) is 76.0 cm³/mol. The summed E-state index contributed by atoms with van der Waals surface area (Å²) < 4.78 is 4.96. The molecule has 0 spiro atoms. The highest BCUT2D eigenvalue weighted by Gasteiger charge is 2.15. The van der Waals surface area contributed by atoms with Crippen LogP contribution in [0.25, 0.3) is 0 Å². The van der Waals surface area contributed by atoms with Gasteiger partial charge in [0.05, 0.1) is 18.4 Å². The number of ether oxygens (including phenoxy) is 1. The predicted octanol–water partition coefficient (Wildman–Crippen LogP) is 2.35. The molecule has 0 fully saturated rings. The normalized spacial score (nSPS) is 9.95. The van der Waals surface area contributed by atoms with Gasteiger partial charge in [0.2, 0.25) is 0 Å². The largest absolute Gasteiger partial charge is 0.508 e. The summed E-state index contributed by atoms with van der Waals surface area (Å²) in [6.45, 7) is 0. The molecule has 0 aliphatic heterocycles. The van der Waals surface area contributed by atoms with E-state index in [9.17, 15) is 14.7 Å². The summed E-state index contributed by atoms with van der Waals surface area (Å²) in [5.41, 5.74) is 0.293. The third-order valence-corrected chi connectivity index (χ3v) is 2.81. The molecule has 0 bridgehead atoms. The summed E-state index contributed by atoms with van der Waals surface area (Å²) in [6.07, 6.45) is 0. The van der Waals surface area contributed by atoms with Gasteiger partial charge in [0.25, 0.3) is 5.91 Å². The number of carbonyl (C=O) groups is 2. The van der Waals surface area contributed by atoms with Gasteiger partial charge in [0.15, 0.2) is 0 Å². The Morgan fingerprint density at radius 1 is 1.14 bits per heavy atom. The van der Waals surface area contributed by atoms with Gasteiger partial charge in [-0.1, -0.05) is 6.07 Å². The molecule has 0 aliphatic carbocycles. The first-order chi connectivity index (χ1) is 10.0. The average molecular weight is 287 g/mol. The van der Waals surface area contributed by atoms with Crippen molar-refractivity contribution in [2.45, 2.75) is 0 Å². The first kappa shape index (κ1) is 14.4. The molecule has 6 heteroatoms. The molecule has 0 atom stereocenters. The van der Waals surface area contributed by atoms with E-state index < -0.39 is 11.9 Å². The van der Waals surface area contributed by atoms with Crippen molar-refractivity contribution in [3.05, 3.63) is 53.6 Å². The molecule has 108 valence electrons. The maximum Gasteiger partial charge on any atom is 0.337 e. The van der Waals surface area contributed by atoms with E-state index >= 15 is 0 Å². The number of carboxylic acids is 1. The third-order valence-electron chi connectivity index (χ3n) is 2.81. The van der Waals surface area contributed by atoms with E-state index in [1.807, 2.05) is 0 Å². The minimum absolute atomic E-state index is 0.0455. The maximum atomic E-state index is 12.0. The molecule has 0 aliphatic rings. The van der Waals surface area contributed by atoms with Crippen molar-refractivity contribution in [3.63, 3.8) is 0 Å². The topological polar surface area (TPSA) is 95.9 Å². The van der Waals surface area contributed by atoms with Gasteiger partial charge < -0.3 is 20.3 Å². The van der Waals surface area contributed by atoms with Crippen LogP contribution in [0.4, 0.5) is 5.69 Å². The molecule has 1 amide bonds. The number of anilines is 1. The van der Waals surface area contributed by atoms with E-state index in [-0.39, 0.29) is 22.6 Å². The van der Waals surface area contributed by atoms with Crippen molar-refractivity contribution in [1.29, 1.82) is 0 Å². The number of phenolic OH excluding ortho intramolecular Hbond substituents is 1. The van der Waals surface area contributed by atoms with Gasteiger partial charge in [0.1, 0.15) is 11.5 Å². The van der Waals surface area contributed by atoms with Crippen LogP contribution >= 0.6 is 0 Å². The second-order valence-corrected chi connectivity index (χ2v) is 4.22. The van der Waals surface area contributed by atoms with Gasteiger partial charge in [-0.15, -0.1) is 0 Å². The molecule has 21 heavy (non-hydrogen) atoms. The number of rotatable bonds is 4. The molecule has 3 N–H and O–H groups in total. The Morgan fingerprint density at radius 2 is 1.90 bits per heavy atom. The van der Waals surface area contributed by atoms with Gasteiger partial charge in [-0.05, 0) is 36.4 Å². The molecular formula is C15H13NO5. The second kappa shape index (κ2) is 5.96. The Balaban J connectivity index is 2.31. The van der Waals surface area contributed by atoms with Gasteiger partial charge in [-0.3, -0.25) is 4.79 Å². The van der Waals surface area contributed by atoms with Crippen molar-refractivity contribution in [1.82, 2.24) is 0 Å². The van der Waals surface area contributed by atoms with Gasteiger partial charge in [-0.25, -0.2) is 4.79 Å². The number of amides is 1. The van der Waals surface area contributed by atoms with Crippen molar-refractivity contribution in [3.8, 4) is 11.5 Å². The monoisotopic (exact) mass is 287 g/mol. The molecule has 0 saturated heterocycles. The Bertz CT molecular complexity index is 696. The molecule has 6 nitrogen and oxygen atoms in total. The van der Waals surface area contributed by atoms with Crippen molar-refractivity contribution < 1.29 is 24.5 Å². The van der Waals surface area contributed by atoms with Crippen LogP contribution in [0.1, 0.15) is 20.7 Å². The van der Waals surface area contributed by atoms with Gasteiger partial charge in [0, 0.05) is 5.56 Å². The van der Waals surface area contributed by atoms with Crippen LogP contribution in [-0.4, -0.2) is 29.2 Å². The fraction of sp³-hybridized carbons (Fsp3) is 0.0667. The van der Waals surface area contributed by atoms with Crippen molar-refractivity contribution in [2.75, 3.05) is 12.4 Å². The fourth-order valence-corrected chi connectivity index (χ4v) is 1.78. The van der Waals surface area contributed by atoms with E-state index in [0.29, 0.717) is 5.75 Å². The standard InChI is InChI=1S/C15H13NO5/c1-21-11-5-6-13(12(8-11)15(19)20)16-14(18)9-3-2-4-10(17)7-9/h2-8,17H,1H3,(H,16,18)(H,19,20). The molecule has 2 aromatic carbocycles. The zero-order valence-corrected chi connectivity index (χ0v) is 11.2. The highest BCUT2D eigenvalue weighted by molar-refractivity contribution is 6.08. The first-order valence-corrected chi connectivity index (χ1v) is 6.03. The Hall–Kier alpha value is -3.02. The number of carboxylic acid groups (broad SMARTS) is 1. The number of aromatic carboxylic acids is 1. The zero-order chi connectivity index (χ0) is 15.4. The zero-order valence-electron chi connectivity index (χ0n) is 11.2. The summed E-state index contributed by atoms with van der Waals surface area (Å²) in [7, 11) is 1.42. The summed E-state index contributed by atoms with van der Waals surface area (Å²) >= 11 is 0. The number of nitrogens with one attached hydrogen (secondary N) is 1. The lowest BCUT2D eigenvalue weighted by molar-refractivity contribution is 0.0697. The Morgan fingerprint density at radius 3 is 2.52 bits per heavy atom. The van der Waals surface area contributed by atoms with E-state index in [1.165, 1.54) is 43.5 Å². The van der Waals surface area contributed by atoms with Gasteiger partial charge in [-0.2, -0.15) is 0 Å². The number of aromatic hydroxyl groups is 1. The van der Waals surface area contributed by atoms with E-state index in [4.69, 9.17) is 9.84 Å². The smallest absolute Gasteiger partial charge is 0.337 e. The average Bonchev–Trinajstić information content (AvgIpc) is 2.47. The molecule has 2 aromatic rings. The van der Waals surface area contributed by atoms with Crippen LogP contribution in [-0.2, 0) is 0 Å². The van der Waals surface area contributed by atoms with Crippen LogP contribution in [0, 0.1) is 0 Å². The second-order valence-electron chi connectivity index (χ2n) is 4.22. The summed E-state index contributed by atoms with van der Waals surface area (Å²) in [6, 6.07) is 10.1. The Labute approximate surface area is 120 Å².